The summed E-state index contributed by atoms with van der Waals surface area (Å²) in [5.41, 5.74) is 2.81. The SMILES string of the molecule is NNC(CCC1CC1)COc1cccc(Cl)c1. The van der Waals surface area contributed by atoms with Gasteiger partial charge in [0.25, 0.3) is 0 Å². The topological polar surface area (TPSA) is 47.3 Å². The number of hydrogen-bond acceptors (Lipinski definition) is 3. The van der Waals surface area contributed by atoms with Crippen LogP contribution < -0.4 is 16.0 Å². The zero-order valence-electron chi connectivity index (χ0n) is 9.86. The standard InChI is InChI=1S/C13H19ClN2O/c14-11-2-1-3-13(8-11)17-9-12(16-15)7-6-10-4-5-10/h1-3,8,10,12,16H,4-7,9,15H2. The fraction of sp³-hybridized carbons (Fsp3) is 0.538. The Bertz CT molecular complexity index is 355. The van der Waals surface area contributed by atoms with Gasteiger partial charge in [0.2, 0.25) is 0 Å². The van der Waals surface area contributed by atoms with Crippen LogP contribution in [0.3, 0.4) is 0 Å². The molecule has 4 heteroatoms. The third kappa shape index (κ3) is 4.54. The lowest BCUT2D eigenvalue weighted by atomic mass is 10.1. The molecule has 2 rings (SSSR count). The highest BCUT2D eigenvalue weighted by molar-refractivity contribution is 6.30. The van der Waals surface area contributed by atoms with E-state index in [1.807, 2.05) is 24.3 Å². The number of ether oxygens (including phenoxy) is 1. The van der Waals surface area contributed by atoms with Crippen LogP contribution in [0.1, 0.15) is 25.7 Å². The van der Waals surface area contributed by atoms with Crippen molar-refractivity contribution in [2.75, 3.05) is 6.61 Å². The molecule has 3 N–H and O–H groups in total. The van der Waals surface area contributed by atoms with Crippen molar-refractivity contribution in [1.29, 1.82) is 0 Å². The molecule has 1 atom stereocenters. The van der Waals surface area contributed by atoms with Gasteiger partial charge in [-0.15, -0.1) is 0 Å². The summed E-state index contributed by atoms with van der Waals surface area (Å²) in [6.07, 6.45) is 5.08. The Morgan fingerprint density at radius 2 is 2.29 bits per heavy atom. The van der Waals surface area contributed by atoms with E-state index < -0.39 is 0 Å². The maximum Gasteiger partial charge on any atom is 0.120 e. The fourth-order valence-electron chi connectivity index (χ4n) is 1.81. The van der Waals surface area contributed by atoms with Gasteiger partial charge >= 0.3 is 0 Å². The average Bonchev–Trinajstić information content (AvgIpc) is 3.13. The van der Waals surface area contributed by atoms with E-state index in [1.165, 1.54) is 19.3 Å². The molecule has 1 aliphatic carbocycles. The summed E-state index contributed by atoms with van der Waals surface area (Å²) in [6.45, 7) is 0.587. The summed E-state index contributed by atoms with van der Waals surface area (Å²) in [5.74, 6) is 7.24. The molecule has 3 nitrogen and oxygen atoms in total. The first-order valence-electron chi connectivity index (χ1n) is 6.12. The lowest BCUT2D eigenvalue weighted by molar-refractivity contribution is 0.254. The van der Waals surface area contributed by atoms with Gasteiger partial charge in [-0.05, 0) is 37.0 Å². The lowest BCUT2D eigenvalue weighted by Gasteiger charge is -2.16. The maximum atomic E-state index is 5.88. The Hall–Kier alpha value is -0.770. The second-order valence-electron chi connectivity index (χ2n) is 4.65. The summed E-state index contributed by atoms with van der Waals surface area (Å²) < 4.78 is 5.67. The summed E-state index contributed by atoms with van der Waals surface area (Å²) in [7, 11) is 0. The van der Waals surface area contributed by atoms with Crippen LogP contribution in [-0.4, -0.2) is 12.6 Å². The number of nitrogens with one attached hydrogen (secondary N) is 1. The normalized spacial score (nSPS) is 16.8. The average molecular weight is 255 g/mol. The van der Waals surface area contributed by atoms with Crippen molar-refractivity contribution >= 4 is 11.6 Å². The molecule has 1 saturated carbocycles. The highest BCUT2D eigenvalue weighted by atomic mass is 35.5. The minimum Gasteiger partial charge on any atom is -0.492 e. The van der Waals surface area contributed by atoms with Gasteiger partial charge < -0.3 is 4.74 Å². The Morgan fingerprint density at radius 3 is 2.94 bits per heavy atom. The van der Waals surface area contributed by atoms with Crippen molar-refractivity contribution in [1.82, 2.24) is 5.43 Å². The second-order valence-corrected chi connectivity index (χ2v) is 5.09. The van der Waals surface area contributed by atoms with Crippen molar-refractivity contribution in [2.24, 2.45) is 11.8 Å². The monoisotopic (exact) mass is 254 g/mol. The molecule has 0 saturated heterocycles. The molecular weight excluding hydrogens is 236 g/mol. The van der Waals surface area contributed by atoms with Gasteiger partial charge in [0, 0.05) is 5.02 Å². The first-order valence-corrected chi connectivity index (χ1v) is 6.50. The van der Waals surface area contributed by atoms with Gasteiger partial charge in [-0.3, -0.25) is 11.3 Å². The van der Waals surface area contributed by atoms with Crippen LogP contribution in [0.5, 0.6) is 5.75 Å². The van der Waals surface area contributed by atoms with E-state index in [9.17, 15) is 0 Å². The number of halogens is 1. The maximum absolute atomic E-state index is 5.88. The third-order valence-corrected chi connectivity index (χ3v) is 3.34. The third-order valence-electron chi connectivity index (χ3n) is 3.10. The van der Waals surface area contributed by atoms with Crippen LogP contribution in [0, 0.1) is 5.92 Å². The van der Waals surface area contributed by atoms with Crippen molar-refractivity contribution < 1.29 is 4.74 Å². The van der Waals surface area contributed by atoms with Crippen molar-refractivity contribution in [2.45, 2.75) is 31.7 Å². The van der Waals surface area contributed by atoms with Gasteiger partial charge in [-0.2, -0.15) is 0 Å². The minimum atomic E-state index is 0.217. The number of nitrogens with two attached hydrogens (primary N) is 1. The summed E-state index contributed by atoms with van der Waals surface area (Å²) in [6, 6.07) is 7.65. The van der Waals surface area contributed by atoms with E-state index in [4.69, 9.17) is 22.2 Å². The van der Waals surface area contributed by atoms with Gasteiger partial charge in [-0.25, -0.2) is 0 Å². The van der Waals surface area contributed by atoms with Crippen LogP contribution >= 0.6 is 11.6 Å². The molecule has 0 spiro atoms. The zero-order valence-corrected chi connectivity index (χ0v) is 10.6. The first kappa shape index (κ1) is 12.7. The molecular formula is C13H19ClN2O. The predicted molar refractivity (Wildman–Crippen MR) is 70.0 cm³/mol. The highest BCUT2D eigenvalue weighted by Crippen LogP contribution is 2.33. The molecule has 0 aliphatic heterocycles. The molecule has 0 amide bonds. The minimum absolute atomic E-state index is 0.217. The van der Waals surface area contributed by atoms with E-state index in [1.54, 1.807) is 0 Å². The summed E-state index contributed by atoms with van der Waals surface area (Å²) in [4.78, 5) is 0. The number of hydrazine groups is 1. The molecule has 1 aliphatic rings. The predicted octanol–water partition coefficient (Wildman–Crippen LogP) is 2.74. The van der Waals surface area contributed by atoms with E-state index in [0.717, 1.165) is 18.1 Å². The van der Waals surface area contributed by atoms with E-state index in [2.05, 4.69) is 5.43 Å². The van der Waals surface area contributed by atoms with Crippen LogP contribution in [0.15, 0.2) is 24.3 Å². The van der Waals surface area contributed by atoms with Crippen LogP contribution in [0.2, 0.25) is 5.02 Å². The summed E-state index contributed by atoms with van der Waals surface area (Å²) in [5, 5.41) is 0.692. The van der Waals surface area contributed by atoms with E-state index in [-0.39, 0.29) is 6.04 Å². The fourth-order valence-corrected chi connectivity index (χ4v) is 1.99. The number of hydrogen-bond donors (Lipinski definition) is 2. The molecule has 0 bridgehead atoms. The molecule has 0 aromatic heterocycles. The van der Waals surface area contributed by atoms with E-state index in [0.29, 0.717) is 11.6 Å². The Morgan fingerprint density at radius 1 is 1.47 bits per heavy atom. The van der Waals surface area contributed by atoms with Gasteiger partial charge in [0.1, 0.15) is 12.4 Å². The molecule has 94 valence electrons. The second kappa shape index (κ2) is 6.24. The number of benzene rings is 1. The van der Waals surface area contributed by atoms with Crippen LogP contribution in [0.25, 0.3) is 0 Å². The summed E-state index contributed by atoms with van der Waals surface area (Å²) >= 11 is 5.88. The van der Waals surface area contributed by atoms with Crippen molar-refractivity contribution in [3.63, 3.8) is 0 Å². The lowest BCUT2D eigenvalue weighted by Crippen LogP contribution is -2.39. The zero-order chi connectivity index (χ0) is 12.1. The quantitative estimate of drug-likeness (QED) is 0.581. The van der Waals surface area contributed by atoms with Gasteiger partial charge in [0.05, 0.1) is 6.04 Å². The van der Waals surface area contributed by atoms with Gasteiger partial charge in [-0.1, -0.05) is 30.5 Å². The Labute approximate surface area is 107 Å². The Balaban J connectivity index is 1.74. The molecule has 1 fully saturated rings. The molecule has 0 radical (unpaired) electrons. The Kier molecular flexibility index (Phi) is 4.66. The molecule has 1 aromatic rings. The van der Waals surface area contributed by atoms with Crippen molar-refractivity contribution in [3.05, 3.63) is 29.3 Å². The smallest absolute Gasteiger partial charge is 0.120 e. The largest absolute Gasteiger partial charge is 0.492 e. The number of rotatable bonds is 7. The van der Waals surface area contributed by atoms with E-state index >= 15 is 0 Å². The molecule has 17 heavy (non-hydrogen) atoms. The molecule has 0 heterocycles. The molecule has 1 unspecified atom stereocenters. The van der Waals surface area contributed by atoms with Gasteiger partial charge in [0.15, 0.2) is 0 Å². The van der Waals surface area contributed by atoms with Crippen LogP contribution in [0.4, 0.5) is 0 Å². The van der Waals surface area contributed by atoms with Crippen LogP contribution in [-0.2, 0) is 0 Å². The van der Waals surface area contributed by atoms with Crippen molar-refractivity contribution in [3.8, 4) is 5.75 Å². The molecule has 1 aromatic carbocycles. The first-order chi connectivity index (χ1) is 8.28. The highest BCUT2D eigenvalue weighted by Gasteiger charge is 2.22.